The summed E-state index contributed by atoms with van der Waals surface area (Å²) in [6.45, 7) is 0. The molecule has 2 nitrogen and oxygen atoms in total. The maximum Gasteiger partial charge on any atom is 0.106 e. The van der Waals surface area contributed by atoms with Crippen LogP contribution in [0.5, 0.6) is 0 Å². The van der Waals surface area contributed by atoms with Crippen LogP contribution in [0.3, 0.4) is 0 Å². The summed E-state index contributed by atoms with van der Waals surface area (Å²) in [6.07, 6.45) is 6.02. The average molecular weight is 253 g/mol. The molecule has 0 aromatic carbocycles. The molecule has 74 valence electrons. The van der Waals surface area contributed by atoms with Crippen LogP contribution in [-0.4, -0.2) is 17.1 Å². The van der Waals surface area contributed by atoms with Gasteiger partial charge in [0.15, 0.2) is 0 Å². The van der Waals surface area contributed by atoms with Gasteiger partial charge in [-0.3, -0.25) is 0 Å². The van der Waals surface area contributed by atoms with E-state index in [1.165, 1.54) is 24.8 Å². The van der Waals surface area contributed by atoms with Crippen LogP contribution in [0.1, 0.15) is 30.7 Å². The Morgan fingerprint density at radius 1 is 1.36 bits per heavy atom. The third kappa shape index (κ3) is 1.39. The Bertz CT molecular complexity index is 336. The van der Waals surface area contributed by atoms with Crippen molar-refractivity contribution in [1.82, 2.24) is 10.3 Å². The van der Waals surface area contributed by atoms with Gasteiger partial charge < -0.3 is 5.32 Å². The van der Waals surface area contributed by atoms with Crippen molar-refractivity contribution in [2.75, 3.05) is 0 Å². The van der Waals surface area contributed by atoms with Crippen LogP contribution in [0.25, 0.3) is 0 Å². The van der Waals surface area contributed by atoms with Crippen molar-refractivity contribution in [1.29, 1.82) is 0 Å². The highest BCUT2D eigenvalue weighted by atomic mass is 79.9. The summed E-state index contributed by atoms with van der Waals surface area (Å²) < 4.78 is 0.928. The van der Waals surface area contributed by atoms with Crippen LogP contribution in [0.4, 0.5) is 0 Å². The monoisotopic (exact) mass is 252 g/mol. The second-order valence-electron chi connectivity index (χ2n) is 4.30. The van der Waals surface area contributed by atoms with E-state index in [0.29, 0.717) is 12.0 Å². The van der Waals surface area contributed by atoms with Gasteiger partial charge in [0.25, 0.3) is 0 Å². The molecule has 2 bridgehead atoms. The summed E-state index contributed by atoms with van der Waals surface area (Å²) in [4.78, 5) is 4.30. The van der Waals surface area contributed by atoms with E-state index in [1.807, 2.05) is 12.3 Å². The minimum atomic E-state index is 0.703. The third-order valence-electron chi connectivity index (χ3n) is 3.48. The van der Waals surface area contributed by atoms with Gasteiger partial charge in [0.1, 0.15) is 4.60 Å². The molecule has 0 radical (unpaired) electrons. The lowest BCUT2D eigenvalue weighted by Gasteiger charge is -2.19. The maximum absolute atomic E-state index is 4.30. The predicted molar refractivity (Wildman–Crippen MR) is 59.2 cm³/mol. The topological polar surface area (TPSA) is 24.9 Å². The summed E-state index contributed by atoms with van der Waals surface area (Å²) in [6, 6.07) is 5.72. The van der Waals surface area contributed by atoms with Gasteiger partial charge in [0, 0.05) is 24.2 Å². The smallest absolute Gasteiger partial charge is 0.106 e. The molecular formula is C11H13BrN2. The number of halogens is 1. The van der Waals surface area contributed by atoms with E-state index in [4.69, 9.17) is 0 Å². The minimum absolute atomic E-state index is 0.703. The molecule has 2 saturated heterocycles. The Morgan fingerprint density at radius 2 is 2.29 bits per heavy atom. The maximum atomic E-state index is 4.30. The van der Waals surface area contributed by atoms with Crippen molar-refractivity contribution in [2.24, 2.45) is 0 Å². The van der Waals surface area contributed by atoms with Crippen LogP contribution in [0, 0.1) is 0 Å². The first-order valence-corrected chi connectivity index (χ1v) is 6.00. The molecule has 2 fully saturated rings. The van der Waals surface area contributed by atoms with Gasteiger partial charge in [0.2, 0.25) is 0 Å². The van der Waals surface area contributed by atoms with Crippen molar-refractivity contribution in [3.8, 4) is 0 Å². The Balaban J connectivity index is 1.86. The van der Waals surface area contributed by atoms with Gasteiger partial charge in [-0.25, -0.2) is 4.98 Å². The zero-order valence-electron chi connectivity index (χ0n) is 7.91. The van der Waals surface area contributed by atoms with Crippen LogP contribution < -0.4 is 5.32 Å². The zero-order chi connectivity index (χ0) is 9.54. The van der Waals surface area contributed by atoms with Crippen molar-refractivity contribution in [2.45, 2.75) is 37.3 Å². The molecule has 1 aromatic rings. The van der Waals surface area contributed by atoms with Crippen molar-refractivity contribution in [3.05, 3.63) is 28.5 Å². The predicted octanol–water partition coefficient (Wildman–Crippen LogP) is 2.45. The fourth-order valence-electron chi connectivity index (χ4n) is 2.80. The molecule has 2 aliphatic rings. The fraction of sp³-hybridized carbons (Fsp3) is 0.545. The number of nitrogens with one attached hydrogen (secondary N) is 1. The Labute approximate surface area is 92.2 Å². The van der Waals surface area contributed by atoms with Crippen LogP contribution in [0.2, 0.25) is 0 Å². The van der Waals surface area contributed by atoms with E-state index in [9.17, 15) is 0 Å². The molecule has 2 aliphatic heterocycles. The normalized spacial score (nSPS) is 35.1. The molecular weight excluding hydrogens is 240 g/mol. The second kappa shape index (κ2) is 3.31. The summed E-state index contributed by atoms with van der Waals surface area (Å²) in [7, 11) is 0. The molecule has 0 saturated carbocycles. The van der Waals surface area contributed by atoms with Gasteiger partial charge in [0.05, 0.1) is 0 Å². The Morgan fingerprint density at radius 3 is 2.86 bits per heavy atom. The van der Waals surface area contributed by atoms with E-state index in [2.05, 4.69) is 32.3 Å². The molecule has 1 unspecified atom stereocenters. The standard InChI is InChI=1S/C11H13BrN2/c12-11-4-1-7(6-13-11)9-5-8-2-3-10(9)14-8/h1,4,6,8-10,14H,2-3,5H2/t8-,9?,10+/m0/s1. The minimum Gasteiger partial charge on any atom is -0.311 e. The molecule has 3 heteroatoms. The highest BCUT2D eigenvalue weighted by Gasteiger charge is 2.39. The number of rotatable bonds is 1. The van der Waals surface area contributed by atoms with Crippen molar-refractivity contribution in [3.63, 3.8) is 0 Å². The molecule has 0 spiro atoms. The summed E-state index contributed by atoms with van der Waals surface area (Å²) in [5.41, 5.74) is 1.40. The van der Waals surface area contributed by atoms with Crippen LogP contribution in [0.15, 0.2) is 22.9 Å². The number of fused-ring (bicyclic) bond motifs is 2. The number of pyridine rings is 1. The first kappa shape index (κ1) is 8.86. The molecule has 1 aromatic heterocycles. The quantitative estimate of drug-likeness (QED) is 0.777. The number of nitrogens with zero attached hydrogens (tertiary/aromatic N) is 1. The molecule has 14 heavy (non-hydrogen) atoms. The van der Waals surface area contributed by atoms with Gasteiger partial charge in [-0.1, -0.05) is 6.07 Å². The van der Waals surface area contributed by atoms with E-state index in [-0.39, 0.29) is 0 Å². The molecule has 3 rings (SSSR count). The molecule has 0 amide bonds. The first-order chi connectivity index (χ1) is 6.83. The largest absolute Gasteiger partial charge is 0.311 e. The summed E-state index contributed by atoms with van der Waals surface area (Å²) >= 11 is 3.37. The molecule has 0 aliphatic carbocycles. The van der Waals surface area contributed by atoms with Crippen LogP contribution >= 0.6 is 15.9 Å². The van der Waals surface area contributed by atoms with E-state index in [1.54, 1.807) is 0 Å². The molecule has 1 N–H and O–H groups in total. The van der Waals surface area contributed by atoms with E-state index >= 15 is 0 Å². The lowest BCUT2D eigenvalue weighted by atomic mass is 9.85. The number of aromatic nitrogens is 1. The van der Waals surface area contributed by atoms with Gasteiger partial charge in [-0.2, -0.15) is 0 Å². The van der Waals surface area contributed by atoms with Gasteiger partial charge >= 0.3 is 0 Å². The average Bonchev–Trinajstić information content (AvgIpc) is 2.80. The van der Waals surface area contributed by atoms with Crippen LogP contribution in [-0.2, 0) is 0 Å². The van der Waals surface area contributed by atoms with Gasteiger partial charge in [-0.05, 0) is 46.8 Å². The lowest BCUT2D eigenvalue weighted by molar-refractivity contribution is 0.505. The third-order valence-corrected chi connectivity index (χ3v) is 3.95. The van der Waals surface area contributed by atoms with E-state index < -0.39 is 0 Å². The van der Waals surface area contributed by atoms with Gasteiger partial charge in [-0.15, -0.1) is 0 Å². The zero-order valence-corrected chi connectivity index (χ0v) is 9.50. The van der Waals surface area contributed by atoms with Crippen molar-refractivity contribution < 1.29 is 0 Å². The number of hydrogen-bond acceptors (Lipinski definition) is 2. The Kier molecular flexibility index (Phi) is 2.10. The van der Waals surface area contributed by atoms with Crippen molar-refractivity contribution >= 4 is 15.9 Å². The molecule has 3 atom stereocenters. The van der Waals surface area contributed by atoms with E-state index in [0.717, 1.165) is 10.6 Å². The Hall–Kier alpha value is -0.410. The molecule has 3 heterocycles. The summed E-state index contributed by atoms with van der Waals surface area (Å²) in [5, 5.41) is 3.65. The SMILES string of the molecule is Brc1ccc(C2C[C@@H]3CC[C@H]2N3)cn1. The highest BCUT2D eigenvalue weighted by Crippen LogP contribution is 2.39. The fourth-order valence-corrected chi connectivity index (χ4v) is 3.03. The summed E-state index contributed by atoms with van der Waals surface area (Å²) in [5.74, 6) is 0.703. The highest BCUT2D eigenvalue weighted by molar-refractivity contribution is 9.10. The first-order valence-electron chi connectivity index (χ1n) is 5.20. The lowest BCUT2D eigenvalue weighted by Crippen LogP contribution is -2.21. The number of hydrogen-bond donors (Lipinski definition) is 1. The second-order valence-corrected chi connectivity index (χ2v) is 5.12.